The Bertz CT molecular complexity index is 1040. The molecule has 0 saturated carbocycles. The van der Waals surface area contributed by atoms with E-state index in [1.54, 1.807) is 17.0 Å². The fourth-order valence-electron chi connectivity index (χ4n) is 3.64. The lowest BCUT2D eigenvalue weighted by molar-refractivity contribution is -0.118. The molecule has 30 heavy (non-hydrogen) atoms. The van der Waals surface area contributed by atoms with Crippen molar-refractivity contribution in [3.05, 3.63) is 70.2 Å². The lowest BCUT2D eigenvalue weighted by Crippen LogP contribution is -2.24. The Hall–Kier alpha value is -2.77. The minimum Gasteiger partial charge on any atom is -0.312 e. The molecule has 1 N–H and O–H groups in total. The third-order valence-corrected chi connectivity index (χ3v) is 6.46. The van der Waals surface area contributed by atoms with E-state index in [0.717, 1.165) is 16.3 Å². The molecule has 2 aromatic carbocycles. The minimum absolute atomic E-state index is 0.0400. The van der Waals surface area contributed by atoms with E-state index in [9.17, 15) is 9.59 Å². The summed E-state index contributed by atoms with van der Waals surface area (Å²) in [7, 11) is 0. The molecule has 4 rings (SSSR count). The number of nitrogens with zero attached hydrogens (tertiary/aromatic N) is 3. The number of amides is 2. The standard InChI is InChI=1S/C22H21ClN4O2S/c1-2-18(14-6-4-3-5-7-14)20(29)24-22-26-25-21(30-22)15-12-19(28)27(13-15)17-10-8-16(23)9-11-17/h3-11,15,18H,2,12-13H2,1H3,(H,24,26,29). The van der Waals surface area contributed by atoms with Crippen LogP contribution in [0.4, 0.5) is 10.8 Å². The summed E-state index contributed by atoms with van der Waals surface area (Å²) in [6, 6.07) is 16.9. The van der Waals surface area contributed by atoms with Crippen molar-refractivity contribution >= 4 is 45.6 Å². The molecule has 3 aromatic rings. The molecular formula is C22H21ClN4O2S. The first kappa shape index (κ1) is 20.5. The number of carbonyl (C=O) groups is 2. The smallest absolute Gasteiger partial charge is 0.233 e. The first-order chi connectivity index (χ1) is 14.5. The molecule has 1 fully saturated rings. The highest BCUT2D eigenvalue weighted by Gasteiger charge is 2.34. The number of nitrogens with one attached hydrogen (secondary N) is 1. The third kappa shape index (κ3) is 4.37. The van der Waals surface area contributed by atoms with Gasteiger partial charge in [-0.25, -0.2) is 0 Å². The van der Waals surface area contributed by atoms with E-state index in [2.05, 4.69) is 15.5 Å². The molecule has 154 valence electrons. The zero-order valence-electron chi connectivity index (χ0n) is 16.4. The van der Waals surface area contributed by atoms with Gasteiger partial charge >= 0.3 is 0 Å². The highest BCUT2D eigenvalue weighted by molar-refractivity contribution is 7.15. The molecule has 6 nitrogen and oxygen atoms in total. The Morgan fingerprint density at radius 2 is 1.93 bits per heavy atom. The number of anilines is 2. The molecule has 1 saturated heterocycles. The van der Waals surface area contributed by atoms with Crippen LogP contribution < -0.4 is 10.2 Å². The normalized spacial score (nSPS) is 17.2. The van der Waals surface area contributed by atoms with Gasteiger partial charge in [-0.05, 0) is 36.2 Å². The van der Waals surface area contributed by atoms with Crippen molar-refractivity contribution in [1.82, 2.24) is 10.2 Å². The fourth-order valence-corrected chi connectivity index (χ4v) is 4.61. The number of rotatable bonds is 6. The third-order valence-electron chi connectivity index (χ3n) is 5.21. The second kappa shape index (κ2) is 8.93. The molecule has 1 aliphatic rings. The molecule has 0 spiro atoms. The van der Waals surface area contributed by atoms with Gasteiger partial charge in [0, 0.05) is 29.6 Å². The molecule has 2 heterocycles. The largest absolute Gasteiger partial charge is 0.312 e. The summed E-state index contributed by atoms with van der Waals surface area (Å²) in [6.45, 7) is 2.52. The molecule has 1 aliphatic heterocycles. The van der Waals surface area contributed by atoms with Gasteiger partial charge in [0.05, 0.1) is 5.92 Å². The fraction of sp³-hybridized carbons (Fsp3) is 0.273. The molecule has 0 radical (unpaired) electrons. The molecule has 0 aliphatic carbocycles. The Balaban J connectivity index is 1.43. The lowest BCUT2D eigenvalue weighted by atomic mass is 9.96. The highest BCUT2D eigenvalue weighted by atomic mass is 35.5. The highest BCUT2D eigenvalue weighted by Crippen LogP contribution is 2.35. The van der Waals surface area contributed by atoms with Crippen LogP contribution in [0.25, 0.3) is 0 Å². The summed E-state index contributed by atoms with van der Waals surface area (Å²) in [5, 5.41) is 13.1. The molecule has 8 heteroatoms. The summed E-state index contributed by atoms with van der Waals surface area (Å²) >= 11 is 7.27. The van der Waals surface area contributed by atoms with Crippen LogP contribution >= 0.6 is 22.9 Å². The predicted molar refractivity (Wildman–Crippen MR) is 119 cm³/mol. The molecule has 2 amide bonds. The van der Waals surface area contributed by atoms with E-state index in [1.807, 2.05) is 49.4 Å². The Kier molecular flexibility index (Phi) is 6.11. The second-order valence-electron chi connectivity index (χ2n) is 7.19. The van der Waals surface area contributed by atoms with Crippen molar-refractivity contribution in [2.75, 3.05) is 16.8 Å². The van der Waals surface area contributed by atoms with E-state index in [0.29, 0.717) is 29.5 Å². The van der Waals surface area contributed by atoms with E-state index in [4.69, 9.17) is 11.6 Å². The zero-order chi connectivity index (χ0) is 21.1. The molecule has 0 bridgehead atoms. The van der Waals surface area contributed by atoms with Crippen molar-refractivity contribution in [2.24, 2.45) is 0 Å². The number of carbonyl (C=O) groups excluding carboxylic acids is 2. The van der Waals surface area contributed by atoms with Gasteiger partial charge in [0.2, 0.25) is 16.9 Å². The maximum absolute atomic E-state index is 12.7. The van der Waals surface area contributed by atoms with Crippen LogP contribution in [-0.2, 0) is 9.59 Å². The van der Waals surface area contributed by atoms with E-state index < -0.39 is 0 Å². The van der Waals surface area contributed by atoms with E-state index in [-0.39, 0.29) is 23.7 Å². The van der Waals surface area contributed by atoms with Gasteiger partial charge in [0.15, 0.2) is 0 Å². The van der Waals surface area contributed by atoms with Crippen LogP contribution in [0.3, 0.4) is 0 Å². The molecule has 2 atom stereocenters. The number of hydrogen-bond acceptors (Lipinski definition) is 5. The maximum Gasteiger partial charge on any atom is 0.233 e. The van der Waals surface area contributed by atoms with Gasteiger partial charge in [-0.3, -0.25) is 14.9 Å². The Morgan fingerprint density at radius 1 is 1.20 bits per heavy atom. The van der Waals surface area contributed by atoms with Crippen LogP contribution in [0, 0.1) is 0 Å². The van der Waals surface area contributed by atoms with Crippen LogP contribution in [-0.4, -0.2) is 28.6 Å². The number of halogens is 1. The molecule has 1 aromatic heterocycles. The van der Waals surface area contributed by atoms with Gasteiger partial charge in [0.25, 0.3) is 0 Å². The first-order valence-electron chi connectivity index (χ1n) is 9.80. The molecular weight excluding hydrogens is 420 g/mol. The Morgan fingerprint density at radius 3 is 2.63 bits per heavy atom. The second-order valence-corrected chi connectivity index (χ2v) is 8.63. The van der Waals surface area contributed by atoms with Crippen LogP contribution in [0.5, 0.6) is 0 Å². The van der Waals surface area contributed by atoms with Gasteiger partial charge in [-0.1, -0.05) is 60.2 Å². The van der Waals surface area contributed by atoms with E-state index >= 15 is 0 Å². The zero-order valence-corrected chi connectivity index (χ0v) is 18.0. The molecule has 2 unspecified atom stereocenters. The summed E-state index contributed by atoms with van der Waals surface area (Å²) in [6.07, 6.45) is 1.06. The lowest BCUT2D eigenvalue weighted by Gasteiger charge is -2.16. The van der Waals surface area contributed by atoms with E-state index in [1.165, 1.54) is 11.3 Å². The van der Waals surface area contributed by atoms with Gasteiger partial charge in [-0.2, -0.15) is 0 Å². The van der Waals surface area contributed by atoms with Crippen LogP contribution in [0.1, 0.15) is 42.2 Å². The SMILES string of the molecule is CCC(C(=O)Nc1nnc(C2CC(=O)N(c3ccc(Cl)cc3)C2)s1)c1ccccc1. The van der Waals surface area contributed by atoms with Crippen molar-refractivity contribution < 1.29 is 9.59 Å². The topological polar surface area (TPSA) is 75.2 Å². The monoisotopic (exact) mass is 440 g/mol. The van der Waals surface area contributed by atoms with Crippen LogP contribution in [0.15, 0.2) is 54.6 Å². The summed E-state index contributed by atoms with van der Waals surface area (Å²) < 4.78 is 0. The van der Waals surface area contributed by atoms with Crippen molar-refractivity contribution in [1.29, 1.82) is 0 Å². The van der Waals surface area contributed by atoms with Crippen molar-refractivity contribution in [3.8, 4) is 0 Å². The average molecular weight is 441 g/mol. The number of aromatic nitrogens is 2. The Labute approximate surface area is 183 Å². The quantitative estimate of drug-likeness (QED) is 0.594. The summed E-state index contributed by atoms with van der Waals surface area (Å²) in [5.74, 6) is -0.352. The first-order valence-corrected chi connectivity index (χ1v) is 11.0. The van der Waals surface area contributed by atoms with Gasteiger partial charge in [-0.15, -0.1) is 10.2 Å². The number of hydrogen-bond donors (Lipinski definition) is 1. The summed E-state index contributed by atoms with van der Waals surface area (Å²) in [5.41, 5.74) is 1.79. The maximum atomic E-state index is 12.7. The average Bonchev–Trinajstić information content (AvgIpc) is 3.36. The van der Waals surface area contributed by atoms with Crippen molar-refractivity contribution in [3.63, 3.8) is 0 Å². The predicted octanol–water partition coefficient (Wildman–Crippen LogP) is 4.84. The minimum atomic E-state index is -0.244. The van der Waals surface area contributed by atoms with Gasteiger partial charge in [0.1, 0.15) is 5.01 Å². The van der Waals surface area contributed by atoms with Crippen molar-refractivity contribution in [2.45, 2.75) is 31.6 Å². The van der Waals surface area contributed by atoms with Crippen LogP contribution in [0.2, 0.25) is 5.02 Å². The number of benzene rings is 2. The summed E-state index contributed by atoms with van der Waals surface area (Å²) in [4.78, 5) is 27.0. The van der Waals surface area contributed by atoms with Gasteiger partial charge < -0.3 is 4.90 Å².